The van der Waals surface area contributed by atoms with Gasteiger partial charge in [0.15, 0.2) is 0 Å². The summed E-state index contributed by atoms with van der Waals surface area (Å²) in [6, 6.07) is 0. The van der Waals surface area contributed by atoms with Gasteiger partial charge in [0.1, 0.15) is 11.6 Å². The van der Waals surface area contributed by atoms with Gasteiger partial charge in [0.05, 0.1) is 12.4 Å². The highest BCUT2D eigenvalue weighted by molar-refractivity contribution is 7.84. The zero-order valence-electron chi connectivity index (χ0n) is 8.06. The molecule has 0 saturated carbocycles. The van der Waals surface area contributed by atoms with Crippen molar-refractivity contribution in [3.8, 4) is 0 Å². The summed E-state index contributed by atoms with van der Waals surface area (Å²) < 4.78 is 10.7. The molecule has 1 heterocycles. The van der Waals surface area contributed by atoms with E-state index in [9.17, 15) is 4.21 Å². The van der Waals surface area contributed by atoms with E-state index >= 15 is 0 Å². The van der Waals surface area contributed by atoms with E-state index < -0.39 is 10.8 Å². The minimum atomic E-state index is -0.729. The van der Waals surface area contributed by atoms with Crippen LogP contribution in [0.3, 0.4) is 0 Å². The zero-order chi connectivity index (χ0) is 10.4. The molecule has 0 aliphatic rings. The van der Waals surface area contributed by atoms with E-state index in [1.165, 1.54) is 6.20 Å². The average Bonchev–Trinajstić information content (AvgIpc) is 2.12. The van der Waals surface area contributed by atoms with Crippen LogP contribution in [0, 0.1) is 0 Å². The minimum absolute atomic E-state index is 0.397. The van der Waals surface area contributed by atoms with Crippen molar-refractivity contribution in [2.75, 3.05) is 29.6 Å². The third-order valence-corrected chi connectivity index (χ3v) is 2.43. The summed E-state index contributed by atoms with van der Waals surface area (Å²) in [5.41, 5.74) is 5.45. The standard InChI is InChI=1S/C8H14N4OS/c1-14(13)4-2-3-11-8-6-10-5-7(9)12-8/h5-6H,2-4H2,1H3,(H3,9,11,12). The molecule has 0 spiro atoms. The maximum Gasteiger partial charge on any atom is 0.146 e. The Morgan fingerprint density at radius 3 is 3.00 bits per heavy atom. The summed E-state index contributed by atoms with van der Waals surface area (Å²) in [6.07, 6.45) is 5.64. The van der Waals surface area contributed by atoms with Gasteiger partial charge in [-0.05, 0) is 6.42 Å². The molecule has 78 valence electrons. The van der Waals surface area contributed by atoms with Crippen LogP contribution in [0.25, 0.3) is 0 Å². The Kier molecular flexibility index (Phi) is 4.31. The maximum absolute atomic E-state index is 10.7. The normalized spacial score (nSPS) is 12.4. The molecule has 0 saturated heterocycles. The fourth-order valence-electron chi connectivity index (χ4n) is 0.958. The topological polar surface area (TPSA) is 80.9 Å². The van der Waals surface area contributed by atoms with Gasteiger partial charge in [-0.3, -0.25) is 9.19 Å². The molecule has 0 bridgehead atoms. The molecule has 0 amide bonds. The average molecular weight is 214 g/mol. The van der Waals surface area contributed by atoms with Crippen LogP contribution in [0.4, 0.5) is 11.6 Å². The van der Waals surface area contributed by atoms with Crippen LogP contribution < -0.4 is 11.1 Å². The quantitative estimate of drug-likeness (QED) is 0.686. The van der Waals surface area contributed by atoms with Crippen LogP contribution in [0.5, 0.6) is 0 Å². The van der Waals surface area contributed by atoms with Crippen LogP contribution >= 0.6 is 0 Å². The highest BCUT2D eigenvalue weighted by atomic mass is 32.2. The highest BCUT2D eigenvalue weighted by Gasteiger charge is 1.95. The molecular formula is C8H14N4OS. The number of nitrogen functional groups attached to an aromatic ring is 1. The lowest BCUT2D eigenvalue weighted by Gasteiger charge is -2.04. The Bertz CT molecular complexity index is 318. The van der Waals surface area contributed by atoms with Crippen molar-refractivity contribution >= 4 is 22.4 Å². The summed E-state index contributed by atoms with van der Waals surface area (Å²) >= 11 is 0. The third-order valence-electron chi connectivity index (χ3n) is 1.57. The molecule has 3 N–H and O–H groups in total. The first kappa shape index (κ1) is 10.9. The van der Waals surface area contributed by atoms with Crippen molar-refractivity contribution in [3.63, 3.8) is 0 Å². The molecule has 1 unspecified atom stereocenters. The third kappa shape index (κ3) is 4.18. The first-order chi connectivity index (χ1) is 6.68. The van der Waals surface area contributed by atoms with Crippen molar-refractivity contribution in [3.05, 3.63) is 12.4 Å². The fourth-order valence-corrected chi connectivity index (χ4v) is 1.51. The van der Waals surface area contributed by atoms with E-state index in [4.69, 9.17) is 5.73 Å². The summed E-state index contributed by atoms with van der Waals surface area (Å²) in [5.74, 6) is 1.75. The van der Waals surface area contributed by atoms with Gasteiger partial charge in [0, 0.05) is 29.4 Å². The number of nitrogens with zero attached hydrogens (tertiary/aromatic N) is 2. The molecule has 5 nitrogen and oxygen atoms in total. The second-order valence-electron chi connectivity index (χ2n) is 2.89. The van der Waals surface area contributed by atoms with E-state index in [1.54, 1.807) is 12.5 Å². The summed E-state index contributed by atoms with van der Waals surface area (Å²) in [5, 5.41) is 3.05. The van der Waals surface area contributed by atoms with Crippen LogP contribution in [-0.2, 0) is 10.8 Å². The van der Waals surface area contributed by atoms with Gasteiger partial charge in [0.2, 0.25) is 0 Å². The molecule has 0 radical (unpaired) electrons. The lowest BCUT2D eigenvalue weighted by Crippen LogP contribution is -2.08. The Hall–Kier alpha value is -1.17. The first-order valence-electron chi connectivity index (χ1n) is 4.30. The maximum atomic E-state index is 10.7. The molecule has 1 atom stereocenters. The predicted octanol–water partition coefficient (Wildman–Crippen LogP) is 0.239. The number of aromatic nitrogens is 2. The number of hydrogen-bond acceptors (Lipinski definition) is 5. The van der Waals surface area contributed by atoms with E-state index in [0.717, 1.165) is 13.0 Å². The molecule has 1 aromatic heterocycles. The molecule has 0 fully saturated rings. The van der Waals surface area contributed by atoms with Gasteiger partial charge in [-0.1, -0.05) is 0 Å². The lowest BCUT2D eigenvalue weighted by molar-refractivity contribution is 0.685. The monoisotopic (exact) mass is 214 g/mol. The Labute approximate surface area is 85.6 Å². The lowest BCUT2D eigenvalue weighted by atomic mass is 10.5. The summed E-state index contributed by atoms with van der Waals surface area (Å²) in [4.78, 5) is 7.91. The number of hydrogen-bond donors (Lipinski definition) is 2. The van der Waals surface area contributed by atoms with Crippen LogP contribution in [0.1, 0.15) is 6.42 Å². The van der Waals surface area contributed by atoms with Gasteiger partial charge in [-0.25, -0.2) is 4.98 Å². The molecule has 1 aromatic rings. The van der Waals surface area contributed by atoms with Gasteiger partial charge in [0.25, 0.3) is 0 Å². The Balaban J connectivity index is 2.28. The van der Waals surface area contributed by atoms with E-state index in [2.05, 4.69) is 15.3 Å². The molecule has 0 aliphatic carbocycles. The molecular weight excluding hydrogens is 200 g/mol. The SMILES string of the molecule is CS(=O)CCCNc1cncc(N)n1. The van der Waals surface area contributed by atoms with Crippen LogP contribution in [-0.4, -0.2) is 32.7 Å². The summed E-state index contributed by atoms with van der Waals surface area (Å²) in [7, 11) is -0.729. The second kappa shape index (κ2) is 5.54. The molecule has 0 aromatic carbocycles. The van der Waals surface area contributed by atoms with E-state index in [1.807, 2.05) is 0 Å². The molecule has 6 heteroatoms. The molecule has 14 heavy (non-hydrogen) atoms. The number of nitrogens with one attached hydrogen (secondary N) is 1. The van der Waals surface area contributed by atoms with Crippen LogP contribution in [0.2, 0.25) is 0 Å². The van der Waals surface area contributed by atoms with Crippen molar-refractivity contribution in [2.24, 2.45) is 0 Å². The van der Waals surface area contributed by atoms with Gasteiger partial charge >= 0.3 is 0 Å². The molecule has 0 aliphatic heterocycles. The van der Waals surface area contributed by atoms with E-state index in [0.29, 0.717) is 17.4 Å². The summed E-state index contributed by atoms with van der Waals surface area (Å²) in [6.45, 7) is 0.734. The first-order valence-corrected chi connectivity index (χ1v) is 6.02. The smallest absolute Gasteiger partial charge is 0.146 e. The Morgan fingerprint density at radius 1 is 1.57 bits per heavy atom. The largest absolute Gasteiger partial charge is 0.382 e. The van der Waals surface area contributed by atoms with Crippen molar-refractivity contribution in [1.29, 1.82) is 0 Å². The zero-order valence-corrected chi connectivity index (χ0v) is 8.88. The minimum Gasteiger partial charge on any atom is -0.382 e. The fraction of sp³-hybridized carbons (Fsp3) is 0.500. The van der Waals surface area contributed by atoms with E-state index in [-0.39, 0.29) is 0 Å². The van der Waals surface area contributed by atoms with Crippen molar-refractivity contribution in [1.82, 2.24) is 9.97 Å². The predicted molar refractivity (Wildman–Crippen MR) is 58.5 cm³/mol. The number of nitrogens with two attached hydrogens (primary N) is 1. The second-order valence-corrected chi connectivity index (χ2v) is 4.44. The van der Waals surface area contributed by atoms with Gasteiger partial charge < -0.3 is 11.1 Å². The number of anilines is 2. The Morgan fingerprint density at radius 2 is 2.36 bits per heavy atom. The number of rotatable bonds is 5. The van der Waals surface area contributed by atoms with Crippen molar-refractivity contribution in [2.45, 2.75) is 6.42 Å². The van der Waals surface area contributed by atoms with Crippen molar-refractivity contribution < 1.29 is 4.21 Å². The van der Waals surface area contributed by atoms with Gasteiger partial charge in [-0.2, -0.15) is 0 Å². The van der Waals surface area contributed by atoms with Gasteiger partial charge in [-0.15, -0.1) is 0 Å². The van der Waals surface area contributed by atoms with Crippen LogP contribution in [0.15, 0.2) is 12.4 Å². The molecule has 1 rings (SSSR count). The highest BCUT2D eigenvalue weighted by Crippen LogP contribution is 2.02.